The molecule has 1 aliphatic heterocycles. The molecule has 6 nitrogen and oxygen atoms in total. The smallest absolute Gasteiger partial charge is 0.191 e. The maximum absolute atomic E-state index is 5.47. The van der Waals surface area contributed by atoms with Crippen molar-refractivity contribution in [2.45, 2.75) is 33.7 Å². The minimum Gasteiger partial charge on any atom is -0.379 e. The molecule has 1 aliphatic rings. The van der Waals surface area contributed by atoms with Crippen molar-refractivity contribution in [3.05, 3.63) is 0 Å². The number of likely N-dealkylation sites (N-methyl/N-ethyl adjacent to an activating group) is 1. The molecule has 0 aromatic rings. The van der Waals surface area contributed by atoms with Gasteiger partial charge in [-0.2, -0.15) is 0 Å². The second-order valence-corrected chi connectivity index (χ2v) is 6.50. The Morgan fingerprint density at radius 1 is 1.21 bits per heavy atom. The lowest BCUT2D eigenvalue weighted by atomic mass is 10.0. The van der Waals surface area contributed by atoms with Crippen molar-refractivity contribution in [3.8, 4) is 0 Å². The van der Waals surface area contributed by atoms with E-state index in [9.17, 15) is 0 Å². The van der Waals surface area contributed by atoms with E-state index in [0.717, 1.165) is 65.0 Å². The quantitative estimate of drug-likeness (QED) is 0.313. The molecule has 144 valence electrons. The Morgan fingerprint density at radius 3 is 2.42 bits per heavy atom. The van der Waals surface area contributed by atoms with Crippen molar-refractivity contribution in [3.63, 3.8) is 0 Å². The normalized spacial score (nSPS) is 17.7. The molecular formula is C17H38IN5O. The standard InChI is InChI=1S/C17H37N5O.HI/c1-6-18-17(19-8-9-21(5)7-2)20-14-16(15(3)4)22-10-12-23-13-11-22;/h15-16H,6-14H2,1-5H3,(H2,18,19,20);1H. The molecule has 7 heteroatoms. The molecule has 0 radical (unpaired) electrons. The molecule has 1 heterocycles. The van der Waals surface area contributed by atoms with Crippen molar-refractivity contribution in [2.75, 3.05) is 66.1 Å². The molecule has 0 amide bonds. The van der Waals surface area contributed by atoms with Gasteiger partial charge in [-0.3, -0.25) is 9.89 Å². The van der Waals surface area contributed by atoms with Gasteiger partial charge in [0.05, 0.1) is 19.8 Å². The Balaban J connectivity index is 0.00000529. The number of ether oxygens (including phenoxy) is 1. The van der Waals surface area contributed by atoms with Gasteiger partial charge in [0.25, 0.3) is 0 Å². The fourth-order valence-electron chi connectivity index (χ4n) is 2.71. The average Bonchev–Trinajstić information content (AvgIpc) is 2.55. The average molecular weight is 455 g/mol. The minimum atomic E-state index is 0. The first kappa shape index (κ1) is 23.9. The lowest BCUT2D eigenvalue weighted by Crippen LogP contribution is -2.48. The molecular weight excluding hydrogens is 417 g/mol. The highest BCUT2D eigenvalue weighted by molar-refractivity contribution is 14.0. The predicted octanol–water partition coefficient (Wildman–Crippen LogP) is 1.47. The third-order valence-electron chi connectivity index (χ3n) is 4.39. The fraction of sp³-hybridized carbons (Fsp3) is 0.941. The Labute approximate surface area is 165 Å². The number of morpholine rings is 1. The molecule has 24 heavy (non-hydrogen) atoms. The summed E-state index contributed by atoms with van der Waals surface area (Å²) in [6.45, 7) is 17.3. The van der Waals surface area contributed by atoms with E-state index in [1.807, 2.05) is 0 Å². The fourth-order valence-corrected chi connectivity index (χ4v) is 2.71. The Bertz CT molecular complexity index is 335. The van der Waals surface area contributed by atoms with E-state index < -0.39 is 0 Å². The van der Waals surface area contributed by atoms with Gasteiger partial charge in [-0.25, -0.2) is 0 Å². The van der Waals surface area contributed by atoms with Crippen LogP contribution in [0.2, 0.25) is 0 Å². The topological polar surface area (TPSA) is 52.1 Å². The van der Waals surface area contributed by atoms with Crippen molar-refractivity contribution in [2.24, 2.45) is 10.9 Å². The first-order chi connectivity index (χ1) is 11.1. The molecule has 0 spiro atoms. The van der Waals surface area contributed by atoms with Gasteiger partial charge in [0.2, 0.25) is 0 Å². The van der Waals surface area contributed by atoms with Crippen LogP contribution in [0.3, 0.4) is 0 Å². The zero-order valence-corrected chi connectivity index (χ0v) is 18.5. The predicted molar refractivity (Wildman–Crippen MR) is 114 cm³/mol. The lowest BCUT2D eigenvalue weighted by Gasteiger charge is -2.36. The maximum atomic E-state index is 5.47. The second-order valence-electron chi connectivity index (χ2n) is 6.50. The van der Waals surface area contributed by atoms with E-state index in [1.165, 1.54) is 0 Å². The maximum Gasteiger partial charge on any atom is 0.191 e. The monoisotopic (exact) mass is 455 g/mol. The summed E-state index contributed by atoms with van der Waals surface area (Å²) >= 11 is 0. The highest BCUT2D eigenvalue weighted by Crippen LogP contribution is 2.13. The van der Waals surface area contributed by atoms with Gasteiger partial charge < -0.3 is 20.3 Å². The number of hydrogen-bond donors (Lipinski definition) is 2. The minimum absolute atomic E-state index is 0. The molecule has 0 aliphatic carbocycles. The molecule has 1 saturated heterocycles. The Kier molecular flexibility index (Phi) is 14.0. The number of rotatable bonds is 9. The zero-order valence-electron chi connectivity index (χ0n) is 16.2. The van der Waals surface area contributed by atoms with Crippen LogP contribution < -0.4 is 10.6 Å². The van der Waals surface area contributed by atoms with Crippen LogP contribution in [0.25, 0.3) is 0 Å². The van der Waals surface area contributed by atoms with Crippen LogP contribution in [0.5, 0.6) is 0 Å². The summed E-state index contributed by atoms with van der Waals surface area (Å²) in [6.07, 6.45) is 0. The third kappa shape index (κ3) is 9.39. The highest BCUT2D eigenvalue weighted by Gasteiger charge is 2.23. The molecule has 0 aromatic carbocycles. The molecule has 2 N–H and O–H groups in total. The van der Waals surface area contributed by atoms with Crippen molar-refractivity contribution in [1.82, 2.24) is 20.4 Å². The first-order valence-electron chi connectivity index (χ1n) is 9.11. The van der Waals surface area contributed by atoms with Crippen LogP contribution in [0.15, 0.2) is 4.99 Å². The summed E-state index contributed by atoms with van der Waals surface area (Å²) in [4.78, 5) is 9.64. The van der Waals surface area contributed by atoms with Gasteiger partial charge in [0.15, 0.2) is 5.96 Å². The van der Waals surface area contributed by atoms with Gasteiger partial charge in [0, 0.05) is 38.8 Å². The largest absolute Gasteiger partial charge is 0.379 e. The van der Waals surface area contributed by atoms with Crippen molar-refractivity contribution >= 4 is 29.9 Å². The summed E-state index contributed by atoms with van der Waals surface area (Å²) in [7, 11) is 2.14. The van der Waals surface area contributed by atoms with E-state index in [2.05, 4.69) is 55.2 Å². The molecule has 0 bridgehead atoms. The van der Waals surface area contributed by atoms with E-state index in [1.54, 1.807) is 0 Å². The van der Waals surface area contributed by atoms with Gasteiger partial charge >= 0.3 is 0 Å². The summed E-state index contributed by atoms with van der Waals surface area (Å²) in [6, 6.07) is 0.479. The van der Waals surface area contributed by atoms with Crippen LogP contribution >= 0.6 is 24.0 Å². The number of nitrogens with one attached hydrogen (secondary N) is 2. The summed E-state index contributed by atoms with van der Waals surface area (Å²) < 4.78 is 5.47. The van der Waals surface area contributed by atoms with Crippen molar-refractivity contribution < 1.29 is 4.74 Å². The van der Waals surface area contributed by atoms with Gasteiger partial charge in [0.1, 0.15) is 0 Å². The summed E-state index contributed by atoms with van der Waals surface area (Å²) in [5.41, 5.74) is 0. The number of guanidine groups is 1. The molecule has 0 aromatic heterocycles. The molecule has 1 fully saturated rings. The molecule has 0 saturated carbocycles. The number of nitrogens with zero attached hydrogens (tertiary/aromatic N) is 3. The molecule has 1 rings (SSSR count). The SMILES string of the molecule is CCNC(=NCC(C(C)C)N1CCOCC1)NCCN(C)CC.I. The Morgan fingerprint density at radius 2 is 1.88 bits per heavy atom. The Hall–Kier alpha value is -0.120. The highest BCUT2D eigenvalue weighted by atomic mass is 127. The lowest BCUT2D eigenvalue weighted by molar-refractivity contribution is 0.00867. The zero-order chi connectivity index (χ0) is 17.1. The van der Waals surface area contributed by atoms with E-state index in [4.69, 9.17) is 9.73 Å². The van der Waals surface area contributed by atoms with Crippen molar-refractivity contribution in [1.29, 1.82) is 0 Å². The molecule has 1 atom stereocenters. The van der Waals surface area contributed by atoms with Gasteiger partial charge in [-0.05, 0) is 26.4 Å². The number of halogens is 1. The van der Waals surface area contributed by atoms with Gasteiger partial charge in [-0.1, -0.05) is 20.8 Å². The molecule has 1 unspecified atom stereocenters. The van der Waals surface area contributed by atoms with Crippen LogP contribution in [-0.2, 0) is 4.74 Å². The number of aliphatic imine (C=N–C) groups is 1. The number of hydrogen-bond acceptors (Lipinski definition) is 4. The summed E-state index contributed by atoms with van der Waals surface area (Å²) in [5, 5.41) is 6.79. The van der Waals surface area contributed by atoms with E-state index >= 15 is 0 Å². The van der Waals surface area contributed by atoms with Gasteiger partial charge in [-0.15, -0.1) is 24.0 Å². The summed E-state index contributed by atoms with van der Waals surface area (Å²) in [5.74, 6) is 1.52. The van der Waals surface area contributed by atoms with E-state index in [-0.39, 0.29) is 24.0 Å². The van der Waals surface area contributed by atoms with Crippen LogP contribution in [0.1, 0.15) is 27.7 Å². The first-order valence-corrected chi connectivity index (χ1v) is 9.11. The third-order valence-corrected chi connectivity index (χ3v) is 4.39. The van der Waals surface area contributed by atoms with Crippen LogP contribution in [0, 0.1) is 5.92 Å². The van der Waals surface area contributed by atoms with Crippen LogP contribution in [-0.4, -0.2) is 87.9 Å². The second kappa shape index (κ2) is 14.1. The van der Waals surface area contributed by atoms with Crippen LogP contribution in [0.4, 0.5) is 0 Å². The van der Waals surface area contributed by atoms with E-state index in [0.29, 0.717) is 12.0 Å².